The molecule has 0 heterocycles. The number of rotatable bonds is 4. The third-order valence-corrected chi connectivity index (χ3v) is 1.73. The molecule has 1 rings (SSSR count). The van der Waals surface area contributed by atoms with Crippen LogP contribution in [0.15, 0.2) is 24.3 Å². The maximum atomic E-state index is 10.7. The zero-order chi connectivity index (χ0) is 10.6. The topological polar surface area (TPSA) is 86.6 Å². The number of nitrogens with one attached hydrogen (secondary N) is 1. The van der Waals surface area contributed by atoms with Crippen LogP contribution in [0.5, 0.6) is 5.75 Å². The van der Waals surface area contributed by atoms with E-state index in [9.17, 15) is 14.7 Å². The Morgan fingerprint density at radius 1 is 1.43 bits per heavy atom. The van der Waals surface area contributed by atoms with Gasteiger partial charge in [-0.3, -0.25) is 4.79 Å². The predicted molar refractivity (Wildman–Crippen MR) is 47.7 cm³/mol. The van der Waals surface area contributed by atoms with Gasteiger partial charge in [0.1, 0.15) is 5.75 Å². The summed E-state index contributed by atoms with van der Waals surface area (Å²) in [6.07, 6.45) is 0.283. The van der Waals surface area contributed by atoms with Gasteiger partial charge in [-0.2, -0.15) is 0 Å². The summed E-state index contributed by atoms with van der Waals surface area (Å²) in [6.45, 7) is 0. The molecule has 0 aliphatic heterocycles. The Morgan fingerprint density at radius 3 is 2.57 bits per heavy atom. The van der Waals surface area contributed by atoms with Crippen LogP contribution < -0.4 is 5.32 Å². The van der Waals surface area contributed by atoms with Gasteiger partial charge >= 0.3 is 5.97 Å². The molecule has 0 aromatic heterocycles. The van der Waals surface area contributed by atoms with E-state index >= 15 is 0 Å². The minimum atomic E-state index is -1.22. The lowest BCUT2D eigenvalue weighted by molar-refractivity contribution is -0.140. The first-order chi connectivity index (χ1) is 6.66. The number of aromatic hydroxyl groups is 1. The van der Waals surface area contributed by atoms with Crippen molar-refractivity contribution < 1.29 is 19.8 Å². The molecule has 14 heavy (non-hydrogen) atoms. The molecule has 0 saturated carbocycles. The molecule has 0 spiro atoms. The number of hydrogen-bond donors (Lipinski definition) is 3. The van der Waals surface area contributed by atoms with E-state index in [4.69, 9.17) is 5.11 Å². The predicted octanol–water partition coefficient (Wildman–Crippen LogP) is 0.264. The first-order valence-electron chi connectivity index (χ1n) is 3.87. The zero-order valence-corrected chi connectivity index (χ0v) is 7.18. The molecule has 0 saturated heterocycles. The Hall–Kier alpha value is -2.04. The highest BCUT2D eigenvalue weighted by atomic mass is 16.4. The van der Waals surface area contributed by atoms with Crippen molar-refractivity contribution in [3.63, 3.8) is 0 Å². The van der Waals surface area contributed by atoms with Crippen LogP contribution in [0, 0.1) is 0 Å². The van der Waals surface area contributed by atoms with E-state index in [2.05, 4.69) is 5.32 Å². The number of phenols is 1. The molecule has 0 fully saturated rings. The Morgan fingerprint density at radius 2 is 2.07 bits per heavy atom. The van der Waals surface area contributed by atoms with E-state index in [0.717, 1.165) is 0 Å². The van der Waals surface area contributed by atoms with Crippen LogP contribution in [0.4, 0.5) is 0 Å². The van der Waals surface area contributed by atoms with Crippen molar-refractivity contribution in [1.29, 1.82) is 0 Å². The summed E-state index contributed by atoms with van der Waals surface area (Å²) in [6, 6.07) is 4.73. The number of carboxylic acid groups (broad SMARTS) is 1. The monoisotopic (exact) mass is 195 g/mol. The van der Waals surface area contributed by atoms with Gasteiger partial charge in [-0.05, 0) is 6.07 Å². The summed E-state index contributed by atoms with van der Waals surface area (Å²) in [5.41, 5.74) is 0.159. The highest BCUT2D eigenvalue weighted by Crippen LogP contribution is 2.23. The molecule has 1 aromatic rings. The molecule has 5 nitrogen and oxygen atoms in total. The molecular weight excluding hydrogens is 186 g/mol. The minimum absolute atomic E-state index is 0.158. The molecule has 0 aliphatic carbocycles. The van der Waals surface area contributed by atoms with E-state index in [1.807, 2.05) is 0 Å². The Balaban J connectivity index is 3.04. The van der Waals surface area contributed by atoms with Crippen molar-refractivity contribution in [2.24, 2.45) is 0 Å². The number of amides is 1. The first-order valence-corrected chi connectivity index (χ1v) is 3.87. The van der Waals surface area contributed by atoms with E-state index in [1.54, 1.807) is 12.1 Å². The largest absolute Gasteiger partial charge is 0.508 e. The highest BCUT2D eigenvalue weighted by molar-refractivity contribution is 5.79. The van der Waals surface area contributed by atoms with Gasteiger partial charge in [0.15, 0.2) is 6.04 Å². The summed E-state index contributed by atoms with van der Waals surface area (Å²) >= 11 is 0. The van der Waals surface area contributed by atoms with Crippen LogP contribution in [0.25, 0.3) is 0 Å². The average molecular weight is 195 g/mol. The number of phenolic OH excluding ortho intramolecular Hbond substituents is 1. The lowest BCUT2D eigenvalue weighted by Crippen LogP contribution is -2.27. The summed E-state index contributed by atoms with van der Waals surface area (Å²) in [5.74, 6) is -1.38. The summed E-state index contributed by atoms with van der Waals surface area (Å²) in [4.78, 5) is 20.9. The fourth-order valence-corrected chi connectivity index (χ4v) is 1.09. The van der Waals surface area contributed by atoms with Gasteiger partial charge in [-0.1, -0.05) is 18.2 Å². The highest BCUT2D eigenvalue weighted by Gasteiger charge is 2.21. The minimum Gasteiger partial charge on any atom is -0.508 e. The standard InChI is InChI=1S/C9H9NO4/c11-5-10-8(9(13)14)6-3-1-2-4-7(6)12/h1-5,8,12H,(H,10,11)(H,13,14). The number of carboxylic acids is 1. The Bertz CT molecular complexity index is 350. The molecule has 0 aliphatic rings. The van der Waals surface area contributed by atoms with Crippen molar-refractivity contribution in [2.45, 2.75) is 6.04 Å². The van der Waals surface area contributed by atoms with Crippen molar-refractivity contribution in [1.82, 2.24) is 5.32 Å². The number of benzene rings is 1. The number of carbonyl (C=O) groups is 2. The van der Waals surface area contributed by atoms with Crippen LogP contribution in [0.2, 0.25) is 0 Å². The van der Waals surface area contributed by atoms with Gasteiger partial charge in [-0.15, -0.1) is 0 Å². The van der Waals surface area contributed by atoms with Crippen molar-refractivity contribution in [2.75, 3.05) is 0 Å². The molecule has 74 valence electrons. The van der Waals surface area contributed by atoms with Crippen LogP contribution in [-0.4, -0.2) is 22.6 Å². The molecular formula is C9H9NO4. The normalized spacial score (nSPS) is 11.7. The Labute approximate surface area is 80.0 Å². The van der Waals surface area contributed by atoms with Gasteiger partial charge in [0, 0.05) is 5.56 Å². The lowest BCUT2D eigenvalue weighted by atomic mass is 10.1. The molecule has 1 amide bonds. The molecule has 5 heteroatoms. The second kappa shape index (κ2) is 4.27. The number of carbonyl (C=O) groups excluding carboxylic acids is 1. The fraction of sp³-hybridized carbons (Fsp3) is 0.111. The maximum Gasteiger partial charge on any atom is 0.331 e. The molecule has 1 unspecified atom stereocenters. The average Bonchev–Trinajstić information content (AvgIpc) is 2.15. The quantitative estimate of drug-likeness (QED) is 0.601. The summed E-state index contributed by atoms with van der Waals surface area (Å²) in [5, 5.41) is 20.2. The van der Waals surface area contributed by atoms with Crippen molar-refractivity contribution >= 4 is 12.4 Å². The van der Waals surface area contributed by atoms with E-state index in [1.165, 1.54) is 12.1 Å². The van der Waals surface area contributed by atoms with Crippen LogP contribution in [-0.2, 0) is 9.59 Å². The third-order valence-electron chi connectivity index (χ3n) is 1.73. The van der Waals surface area contributed by atoms with Gasteiger partial charge in [0.25, 0.3) is 0 Å². The van der Waals surface area contributed by atoms with Gasteiger partial charge in [0.2, 0.25) is 6.41 Å². The second-order valence-electron chi connectivity index (χ2n) is 2.61. The molecule has 0 bridgehead atoms. The molecule has 0 radical (unpaired) electrons. The summed E-state index contributed by atoms with van der Waals surface area (Å²) < 4.78 is 0. The molecule has 1 atom stereocenters. The van der Waals surface area contributed by atoms with E-state index < -0.39 is 12.0 Å². The van der Waals surface area contributed by atoms with Crippen molar-refractivity contribution in [3.8, 4) is 5.75 Å². The van der Waals surface area contributed by atoms with Crippen molar-refractivity contribution in [3.05, 3.63) is 29.8 Å². The third kappa shape index (κ3) is 2.01. The molecule has 1 aromatic carbocycles. The lowest BCUT2D eigenvalue weighted by Gasteiger charge is -2.12. The Kier molecular flexibility index (Phi) is 3.06. The van der Waals surface area contributed by atoms with E-state index in [-0.39, 0.29) is 17.7 Å². The van der Waals surface area contributed by atoms with E-state index in [0.29, 0.717) is 0 Å². The van der Waals surface area contributed by atoms with Crippen LogP contribution in [0.3, 0.4) is 0 Å². The smallest absolute Gasteiger partial charge is 0.331 e. The zero-order valence-electron chi connectivity index (χ0n) is 7.18. The number of para-hydroxylation sites is 1. The second-order valence-corrected chi connectivity index (χ2v) is 2.61. The first kappa shape index (κ1) is 10.0. The van der Waals surface area contributed by atoms with Gasteiger partial charge in [0.05, 0.1) is 0 Å². The SMILES string of the molecule is O=CNC(C(=O)O)c1ccccc1O. The number of hydrogen-bond acceptors (Lipinski definition) is 3. The van der Waals surface area contributed by atoms with Gasteiger partial charge < -0.3 is 15.5 Å². The van der Waals surface area contributed by atoms with Crippen LogP contribution in [0.1, 0.15) is 11.6 Å². The summed E-state index contributed by atoms with van der Waals surface area (Å²) in [7, 11) is 0. The maximum absolute atomic E-state index is 10.7. The van der Waals surface area contributed by atoms with Gasteiger partial charge in [-0.25, -0.2) is 4.79 Å². The fourth-order valence-electron chi connectivity index (χ4n) is 1.09. The number of aliphatic carboxylic acids is 1. The molecule has 3 N–H and O–H groups in total. The van der Waals surface area contributed by atoms with Crippen LogP contribution >= 0.6 is 0 Å².